The Morgan fingerprint density at radius 1 is 1.42 bits per heavy atom. The van der Waals surface area contributed by atoms with Crippen LogP contribution in [-0.2, 0) is 4.79 Å². The minimum Gasteiger partial charge on any atom is -0.351 e. The van der Waals surface area contributed by atoms with Gasteiger partial charge in [-0.25, -0.2) is 0 Å². The predicted molar refractivity (Wildman–Crippen MR) is 78.6 cm³/mol. The number of fused-ring (bicyclic) bond motifs is 2. The second-order valence-electron chi connectivity index (χ2n) is 7.77. The Bertz CT molecular complexity index is 361. The lowest BCUT2D eigenvalue weighted by Gasteiger charge is -2.43. The molecule has 0 aromatic heterocycles. The molecule has 2 bridgehead atoms. The predicted octanol–water partition coefficient (Wildman–Crippen LogP) is 2.69. The van der Waals surface area contributed by atoms with Crippen molar-refractivity contribution in [3.05, 3.63) is 0 Å². The van der Waals surface area contributed by atoms with E-state index >= 15 is 0 Å². The zero-order chi connectivity index (χ0) is 14.4. The quantitative estimate of drug-likeness (QED) is 0.822. The third kappa shape index (κ3) is 2.31. The first-order valence-corrected chi connectivity index (χ1v) is 7.78. The molecule has 0 aliphatic heterocycles. The molecule has 19 heavy (non-hydrogen) atoms. The molecule has 3 heteroatoms. The molecule has 0 heterocycles. The van der Waals surface area contributed by atoms with Crippen molar-refractivity contribution in [2.75, 3.05) is 0 Å². The summed E-state index contributed by atoms with van der Waals surface area (Å²) in [6.45, 7) is 11.1. The molecule has 2 aliphatic carbocycles. The van der Waals surface area contributed by atoms with Crippen molar-refractivity contribution in [1.29, 1.82) is 0 Å². The second kappa shape index (κ2) is 4.76. The lowest BCUT2D eigenvalue weighted by atomic mass is 9.68. The molecule has 2 aliphatic rings. The number of nitrogens with two attached hydrogens (primary N) is 1. The molecule has 1 amide bonds. The Balaban J connectivity index is 2.08. The fourth-order valence-electron chi connectivity index (χ4n) is 4.41. The number of carbonyl (C=O) groups is 1. The summed E-state index contributed by atoms with van der Waals surface area (Å²) >= 11 is 0. The molecule has 5 atom stereocenters. The van der Waals surface area contributed by atoms with Crippen molar-refractivity contribution in [2.24, 2.45) is 28.4 Å². The van der Waals surface area contributed by atoms with Gasteiger partial charge in [-0.2, -0.15) is 0 Å². The van der Waals surface area contributed by atoms with Crippen LogP contribution in [-0.4, -0.2) is 18.0 Å². The lowest BCUT2D eigenvalue weighted by molar-refractivity contribution is -0.126. The number of nitrogens with one attached hydrogen (secondary N) is 1. The number of carbonyl (C=O) groups excluding carboxylic acids is 1. The Labute approximate surface area is 117 Å². The molecule has 5 unspecified atom stereocenters. The fourth-order valence-corrected chi connectivity index (χ4v) is 4.41. The van der Waals surface area contributed by atoms with Crippen LogP contribution < -0.4 is 11.1 Å². The van der Waals surface area contributed by atoms with E-state index in [9.17, 15) is 4.79 Å². The van der Waals surface area contributed by atoms with E-state index in [0.717, 1.165) is 12.3 Å². The topological polar surface area (TPSA) is 55.1 Å². The van der Waals surface area contributed by atoms with Crippen molar-refractivity contribution < 1.29 is 4.79 Å². The van der Waals surface area contributed by atoms with Gasteiger partial charge in [0.1, 0.15) is 0 Å². The molecule has 3 N–H and O–H groups in total. The van der Waals surface area contributed by atoms with Crippen molar-refractivity contribution in [3.8, 4) is 0 Å². The van der Waals surface area contributed by atoms with Crippen LogP contribution in [0, 0.1) is 22.7 Å². The molecule has 0 aromatic rings. The van der Waals surface area contributed by atoms with E-state index in [-0.39, 0.29) is 34.7 Å². The van der Waals surface area contributed by atoms with E-state index in [1.807, 2.05) is 0 Å². The average molecular weight is 266 g/mol. The van der Waals surface area contributed by atoms with Crippen LogP contribution in [0.3, 0.4) is 0 Å². The standard InChI is InChI=1S/C16H30N2O/c1-6-10(2)12(17)13(19)18-14-15(3,4)11-7-8-16(14,5)9-11/h10-12,14H,6-9,17H2,1-5H3,(H,18,19). The molecular weight excluding hydrogens is 236 g/mol. The van der Waals surface area contributed by atoms with Gasteiger partial charge in [-0.1, -0.05) is 41.0 Å². The minimum atomic E-state index is -0.372. The van der Waals surface area contributed by atoms with Gasteiger partial charge in [-0.15, -0.1) is 0 Å². The van der Waals surface area contributed by atoms with Crippen molar-refractivity contribution in [2.45, 2.75) is 72.4 Å². The van der Waals surface area contributed by atoms with E-state index in [1.165, 1.54) is 19.3 Å². The van der Waals surface area contributed by atoms with Crippen LogP contribution in [0.2, 0.25) is 0 Å². The van der Waals surface area contributed by atoms with E-state index < -0.39 is 0 Å². The highest BCUT2D eigenvalue weighted by molar-refractivity contribution is 5.82. The average Bonchev–Trinajstić information content (AvgIpc) is 2.83. The van der Waals surface area contributed by atoms with Gasteiger partial charge < -0.3 is 11.1 Å². The fraction of sp³-hybridized carbons (Fsp3) is 0.938. The zero-order valence-corrected chi connectivity index (χ0v) is 13.1. The Morgan fingerprint density at radius 3 is 2.53 bits per heavy atom. The molecule has 110 valence electrons. The summed E-state index contributed by atoms with van der Waals surface area (Å²) < 4.78 is 0. The Hall–Kier alpha value is -0.570. The zero-order valence-electron chi connectivity index (χ0n) is 13.1. The van der Waals surface area contributed by atoms with E-state index in [2.05, 4.69) is 39.9 Å². The summed E-state index contributed by atoms with van der Waals surface area (Å²) in [5, 5.41) is 3.29. The summed E-state index contributed by atoms with van der Waals surface area (Å²) in [5.41, 5.74) is 6.55. The van der Waals surface area contributed by atoms with Gasteiger partial charge in [0.25, 0.3) is 0 Å². The first kappa shape index (κ1) is 14.8. The van der Waals surface area contributed by atoms with Gasteiger partial charge in [0.2, 0.25) is 5.91 Å². The largest absolute Gasteiger partial charge is 0.351 e. The SMILES string of the molecule is CCC(C)C(N)C(=O)NC1C2(C)CCC(C2)C1(C)C. The molecule has 0 spiro atoms. The number of hydrogen-bond acceptors (Lipinski definition) is 2. The van der Waals surface area contributed by atoms with E-state index in [1.54, 1.807) is 0 Å². The maximum absolute atomic E-state index is 12.4. The second-order valence-corrected chi connectivity index (χ2v) is 7.77. The summed E-state index contributed by atoms with van der Waals surface area (Å²) in [6.07, 6.45) is 4.75. The third-order valence-electron chi connectivity index (χ3n) is 6.12. The van der Waals surface area contributed by atoms with Gasteiger partial charge in [0.05, 0.1) is 6.04 Å². The van der Waals surface area contributed by atoms with Gasteiger partial charge in [-0.05, 0) is 41.9 Å². The maximum atomic E-state index is 12.4. The Morgan fingerprint density at radius 2 is 2.05 bits per heavy atom. The summed E-state index contributed by atoms with van der Waals surface area (Å²) in [5.74, 6) is 1.04. The molecular formula is C16H30N2O. The first-order chi connectivity index (χ1) is 8.72. The van der Waals surface area contributed by atoms with Crippen LogP contribution in [0.15, 0.2) is 0 Å². The highest BCUT2D eigenvalue weighted by Crippen LogP contribution is 2.62. The number of rotatable bonds is 4. The molecule has 0 aromatic carbocycles. The molecule has 3 nitrogen and oxygen atoms in total. The van der Waals surface area contributed by atoms with Crippen LogP contribution in [0.1, 0.15) is 60.3 Å². The highest BCUT2D eigenvalue weighted by atomic mass is 16.2. The molecule has 2 fully saturated rings. The van der Waals surface area contributed by atoms with Gasteiger partial charge in [0.15, 0.2) is 0 Å². The van der Waals surface area contributed by atoms with Gasteiger partial charge in [0, 0.05) is 6.04 Å². The highest BCUT2D eigenvalue weighted by Gasteiger charge is 2.59. The first-order valence-electron chi connectivity index (χ1n) is 7.78. The van der Waals surface area contributed by atoms with Crippen molar-refractivity contribution >= 4 is 5.91 Å². The molecule has 2 rings (SSSR count). The summed E-state index contributed by atoms with van der Waals surface area (Å²) in [6, 6.07) is -0.0927. The van der Waals surface area contributed by atoms with Crippen LogP contribution >= 0.6 is 0 Å². The number of amides is 1. The number of hydrogen-bond donors (Lipinski definition) is 2. The van der Waals surface area contributed by atoms with Crippen LogP contribution in [0.5, 0.6) is 0 Å². The monoisotopic (exact) mass is 266 g/mol. The van der Waals surface area contributed by atoms with Crippen molar-refractivity contribution in [1.82, 2.24) is 5.32 Å². The maximum Gasteiger partial charge on any atom is 0.237 e. The van der Waals surface area contributed by atoms with Gasteiger partial charge >= 0.3 is 0 Å². The molecule has 2 saturated carbocycles. The normalized spacial score (nSPS) is 39.1. The Kier molecular flexibility index (Phi) is 3.72. The van der Waals surface area contributed by atoms with E-state index in [4.69, 9.17) is 5.73 Å². The third-order valence-corrected chi connectivity index (χ3v) is 6.12. The van der Waals surface area contributed by atoms with E-state index in [0.29, 0.717) is 0 Å². The van der Waals surface area contributed by atoms with Crippen LogP contribution in [0.25, 0.3) is 0 Å². The minimum absolute atomic E-state index is 0.0428. The van der Waals surface area contributed by atoms with Crippen LogP contribution in [0.4, 0.5) is 0 Å². The van der Waals surface area contributed by atoms with Gasteiger partial charge in [-0.3, -0.25) is 4.79 Å². The lowest BCUT2D eigenvalue weighted by Crippen LogP contribution is -2.57. The summed E-state index contributed by atoms with van der Waals surface area (Å²) in [4.78, 5) is 12.4. The van der Waals surface area contributed by atoms with Crippen molar-refractivity contribution in [3.63, 3.8) is 0 Å². The molecule has 0 saturated heterocycles. The molecule has 0 radical (unpaired) electrons. The summed E-state index contributed by atoms with van der Waals surface area (Å²) in [7, 11) is 0. The smallest absolute Gasteiger partial charge is 0.237 e.